The Labute approximate surface area is 174 Å². The average molecular weight is 408 g/mol. The van der Waals surface area contributed by atoms with Crippen LogP contribution in [0.5, 0.6) is 0 Å². The van der Waals surface area contributed by atoms with Crippen LogP contribution in [-0.2, 0) is 0 Å². The van der Waals surface area contributed by atoms with Gasteiger partial charge in [-0.3, -0.25) is 9.78 Å². The van der Waals surface area contributed by atoms with Gasteiger partial charge >= 0.3 is 0 Å². The summed E-state index contributed by atoms with van der Waals surface area (Å²) < 4.78 is 0. The van der Waals surface area contributed by atoms with Crippen LogP contribution >= 0.6 is 11.6 Å². The summed E-state index contributed by atoms with van der Waals surface area (Å²) in [5.74, 6) is 0.711. The molecular weight excluding hydrogens is 386 g/mol. The van der Waals surface area contributed by atoms with Crippen molar-refractivity contribution >= 4 is 40.4 Å². The lowest BCUT2D eigenvalue weighted by Crippen LogP contribution is -2.30. The molecule has 0 spiro atoms. The van der Waals surface area contributed by atoms with Crippen molar-refractivity contribution in [2.75, 3.05) is 28.6 Å². The molecule has 2 aromatic heterocycles. The molecule has 1 amide bonds. The first-order valence-corrected chi connectivity index (χ1v) is 10.1. The van der Waals surface area contributed by atoms with E-state index in [-0.39, 0.29) is 5.91 Å². The maximum atomic E-state index is 12.7. The predicted octanol–water partition coefficient (Wildman–Crippen LogP) is 5.12. The van der Waals surface area contributed by atoms with Gasteiger partial charge in [0.25, 0.3) is 5.91 Å². The SMILES string of the molecule is O=C(Nc1ccncc1Nc1ccc(Cl)cc1)c1ccc(N2CCCCC2)nc1. The Morgan fingerprint density at radius 3 is 2.45 bits per heavy atom. The number of carbonyl (C=O) groups excluding carboxylic acids is 1. The summed E-state index contributed by atoms with van der Waals surface area (Å²) in [6.07, 6.45) is 8.59. The number of hydrogen-bond acceptors (Lipinski definition) is 5. The maximum absolute atomic E-state index is 12.7. The van der Waals surface area contributed by atoms with Gasteiger partial charge in [-0.25, -0.2) is 4.98 Å². The number of hydrogen-bond donors (Lipinski definition) is 2. The minimum atomic E-state index is -0.215. The van der Waals surface area contributed by atoms with Gasteiger partial charge in [0.2, 0.25) is 0 Å². The Hall–Kier alpha value is -3.12. The molecule has 2 N–H and O–H groups in total. The molecule has 1 aliphatic rings. The molecule has 148 valence electrons. The Balaban J connectivity index is 1.46. The first-order chi connectivity index (χ1) is 14.2. The smallest absolute Gasteiger partial charge is 0.257 e. The van der Waals surface area contributed by atoms with Crippen molar-refractivity contribution in [3.05, 3.63) is 71.6 Å². The monoisotopic (exact) mass is 407 g/mol. The predicted molar refractivity (Wildman–Crippen MR) is 117 cm³/mol. The molecule has 7 heteroatoms. The van der Waals surface area contributed by atoms with Crippen LogP contribution in [-0.4, -0.2) is 29.0 Å². The minimum absolute atomic E-state index is 0.215. The van der Waals surface area contributed by atoms with Crippen LogP contribution in [0.4, 0.5) is 22.9 Å². The zero-order valence-corrected chi connectivity index (χ0v) is 16.7. The third kappa shape index (κ3) is 4.84. The highest BCUT2D eigenvalue weighted by molar-refractivity contribution is 6.30. The van der Waals surface area contributed by atoms with Crippen molar-refractivity contribution in [2.24, 2.45) is 0 Å². The molecule has 0 radical (unpaired) electrons. The van der Waals surface area contributed by atoms with Crippen LogP contribution in [0.2, 0.25) is 5.02 Å². The van der Waals surface area contributed by atoms with Gasteiger partial charge in [0.1, 0.15) is 5.82 Å². The molecule has 6 nitrogen and oxygen atoms in total. The number of pyridine rings is 2. The lowest BCUT2D eigenvalue weighted by Gasteiger charge is -2.27. The van der Waals surface area contributed by atoms with Gasteiger partial charge in [0.05, 0.1) is 23.1 Å². The summed E-state index contributed by atoms with van der Waals surface area (Å²) in [6, 6.07) is 12.8. The number of amides is 1. The molecule has 1 saturated heterocycles. The number of rotatable bonds is 5. The molecule has 0 atom stereocenters. The Morgan fingerprint density at radius 1 is 0.931 bits per heavy atom. The fourth-order valence-corrected chi connectivity index (χ4v) is 3.44. The van der Waals surface area contributed by atoms with Crippen LogP contribution in [0.15, 0.2) is 61.1 Å². The topological polar surface area (TPSA) is 70.2 Å². The number of benzene rings is 1. The van der Waals surface area contributed by atoms with Crippen LogP contribution in [0, 0.1) is 0 Å². The summed E-state index contributed by atoms with van der Waals surface area (Å²) >= 11 is 5.94. The highest BCUT2D eigenvalue weighted by Gasteiger charge is 2.14. The molecule has 1 aromatic carbocycles. The summed E-state index contributed by atoms with van der Waals surface area (Å²) in [5.41, 5.74) is 2.70. The number of aromatic nitrogens is 2. The second-order valence-corrected chi connectivity index (χ2v) is 7.40. The minimum Gasteiger partial charge on any atom is -0.357 e. The lowest BCUT2D eigenvalue weighted by atomic mass is 10.1. The maximum Gasteiger partial charge on any atom is 0.257 e. The van der Waals surface area contributed by atoms with Crippen LogP contribution in [0.25, 0.3) is 0 Å². The quantitative estimate of drug-likeness (QED) is 0.614. The number of piperidine rings is 1. The second-order valence-electron chi connectivity index (χ2n) is 6.96. The molecule has 3 heterocycles. The van der Waals surface area contributed by atoms with Gasteiger partial charge in [-0.2, -0.15) is 0 Å². The number of halogens is 1. The van der Waals surface area contributed by atoms with E-state index >= 15 is 0 Å². The number of anilines is 4. The Bertz CT molecular complexity index is 969. The fourth-order valence-electron chi connectivity index (χ4n) is 3.32. The average Bonchev–Trinajstić information content (AvgIpc) is 2.77. The molecule has 0 bridgehead atoms. The first kappa shape index (κ1) is 19.2. The summed E-state index contributed by atoms with van der Waals surface area (Å²) in [7, 11) is 0. The highest BCUT2D eigenvalue weighted by Crippen LogP contribution is 2.26. The van der Waals surface area contributed by atoms with Gasteiger partial charge in [0, 0.05) is 36.2 Å². The van der Waals surface area contributed by atoms with E-state index in [1.54, 1.807) is 36.8 Å². The number of nitrogens with zero attached hydrogens (tertiary/aromatic N) is 3. The second kappa shape index (κ2) is 8.92. The standard InChI is InChI=1S/C22H22ClN5O/c23-17-5-7-18(8-6-17)26-20-15-24-11-10-19(20)27-22(29)16-4-9-21(25-14-16)28-12-2-1-3-13-28/h4-11,14-15,26H,1-3,12-13H2,(H,24,27,29). The van der Waals surface area contributed by atoms with Crippen molar-refractivity contribution in [1.82, 2.24) is 9.97 Å². The van der Waals surface area contributed by atoms with Gasteiger partial charge in [-0.05, 0) is 61.7 Å². The van der Waals surface area contributed by atoms with E-state index in [0.717, 1.165) is 24.6 Å². The van der Waals surface area contributed by atoms with E-state index in [0.29, 0.717) is 22.0 Å². The first-order valence-electron chi connectivity index (χ1n) is 9.68. The third-order valence-electron chi connectivity index (χ3n) is 4.88. The van der Waals surface area contributed by atoms with Gasteiger partial charge < -0.3 is 15.5 Å². The van der Waals surface area contributed by atoms with Gasteiger partial charge in [-0.1, -0.05) is 11.6 Å². The number of nitrogens with one attached hydrogen (secondary N) is 2. The van der Waals surface area contributed by atoms with Crippen molar-refractivity contribution in [1.29, 1.82) is 0 Å². The van der Waals surface area contributed by atoms with E-state index in [1.165, 1.54) is 19.3 Å². The van der Waals surface area contributed by atoms with E-state index in [2.05, 4.69) is 25.5 Å². The largest absolute Gasteiger partial charge is 0.357 e. The molecule has 3 aromatic rings. The molecule has 1 fully saturated rings. The van der Waals surface area contributed by atoms with Gasteiger partial charge in [0.15, 0.2) is 0 Å². The fraction of sp³-hybridized carbons (Fsp3) is 0.227. The van der Waals surface area contributed by atoms with Crippen molar-refractivity contribution < 1.29 is 4.79 Å². The van der Waals surface area contributed by atoms with Crippen molar-refractivity contribution in [3.63, 3.8) is 0 Å². The van der Waals surface area contributed by atoms with Crippen LogP contribution in [0.3, 0.4) is 0 Å². The van der Waals surface area contributed by atoms with Gasteiger partial charge in [-0.15, -0.1) is 0 Å². The Kier molecular flexibility index (Phi) is 5.91. The zero-order valence-electron chi connectivity index (χ0n) is 15.9. The summed E-state index contributed by atoms with van der Waals surface area (Å²) in [6.45, 7) is 2.05. The molecule has 0 unspecified atom stereocenters. The lowest BCUT2D eigenvalue weighted by molar-refractivity contribution is 0.102. The molecule has 0 saturated carbocycles. The van der Waals surface area contributed by atoms with E-state index in [9.17, 15) is 4.79 Å². The van der Waals surface area contributed by atoms with Crippen molar-refractivity contribution in [3.8, 4) is 0 Å². The Morgan fingerprint density at radius 2 is 1.72 bits per heavy atom. The normalized spacial score (nSPS) is 13.8. The van der Waals surface area contributed by atoms with E-state index in [4.69, 9.17) is 11.6 Å². The van der Waals surface area contributed by atoms with E-state index < -0.39 is 0 Å². The summed E-state index contributed by atoms with van der Waals surface area (Å²) in [5, 5.41) is 6.85. The summed E-state index contributed by atoms with van der Waals surface area (Å²) in [4.78, 5) is 23.6. The molecule has 29 heavy (non-hydrogen) atoms. The molecule has 4 rings (SSSR count). The van der Waals surface area contributed by atoms with Crippen LogP contribution in [0.1, 0.15) is 29.6 Å². The van der Waals surface area contributed by atoms with Crippen LogP contribution < -0.4 is 15.5 Å². The van der Waals surface area contributed by atoms with Crippen molar-refractivity contribution in [2.45, 2.75) is 19.3 Å². The zero-order chi connectivity index (χ0) is 20.1. The third-order valence-corrected chi connectivity index (χ3v) is 5.13. The van der Waals surface area contributed by atoms with E-state index in [1.807, 2.05) is 24.3 Å². The number of carbonyl (C=O) groups is 1. The molecule has 1 aliphatic heterocycles. The molecule has 0 aliphatic carbocycles. The molecular formula is C22H22ClN5O. The highest BCUT2D eigenvalue weighted by atomic mass is 35.5.